The number of aromatic hydroxyl groups is 1. The monoisotopic (exact) mass is 367 g/mol. The third-order valence-electron chi connectivity index (χ3n) is 5.06. The second-order valence-corrected chi connectivity index (χ2v) is 7.28. The fourth-order valence-electron chi connectivity index (χ4n) is 3.66. The van der Waals surface area contributed by atoms with Crippen molar-refractivity contribution in [3.63, 3.8) is 0 Å². The van der Waals surface area contributed by atoms with Crippen molar-refractivity contribution in [2.45, 2.75) is 45.1 Å². The molecule has 0 aliphatic heterocycles. The molecule has 5 heteroatoms. The third kappa shape index (κ3) is 3.54. The average molecular weight is 367 g/mol. The molecule has 27 heavy (non-hydrogen) atoms. The Bertz CT molecular complexity index is 847. The fourth-order valence-corrected chi connectivity index (χ4v) is 3.66. The Kier molecular flexibility index (Phi) is 5.22. The van der Waals surface area contributed by atoms with Gasteiger partial charge in [-0.3, -0.25) is 4.79 Å². The van der Waals surface area contributed by atoms with Gasteiger partial charge in [-0.1, -0.05) is 50.2 Å². The molecule has 0 aromatic heterocycles. The van der Waals surface area contributed by atoms with Crippen molar-refractivity contribution in [3.8, 4) is 5.75 Å². The summed E-state index contributed by atoms with van der Waals surface area (Å²) in [5, 5.41) is 13.4. The predicted octanol–water partition coefficient (Wildman–Crippen LogP) is 3.35. The van der Waals surface area contributed by atoms with Gasteiger partial charge in [-0.15, -0.1) is 0 Å². The maximum atomic E-state index is 13.0. The van der Waals surface area contributed by atoms with Gasteiger partial charge >= 0.3 is 5.97 Å². The molecule has 0 saturated carbocycles. The first-order chi connectivity index (χ1) is 12.9. The number of phenolic OH excluding ortho intramolecular Hbond substituents is 1. The molecule has 1 amide bonds. The largest absolute Gasteiger partial charge is 0.507 e. The molecule has 142 valence electrons. The highest BCUT2D eigenvalue weighted by Crippen LogP contribution is 2.33. The van der Waals surface area contributed by atoms with Crippen molar-refractivity contribution in [1.29, 1.82) is 0 Å². The van der Waals surface area contributed by atoms with Crippen LogP contribution in [0.3, 0.4) is 0 Å². The van der Waals surface area contributed by atoms with Crippen LogP contribution in [0.1, 0.15) is 53.7 Å². The summed E-state index contributed by atoms with van der Waals surface area (Å²) in [4.78, 5) is 25.7. The number of esters is 1. The van der Waals surface area contributed by atoms with E-state index in [0.29, 0.717) is 18.4 Å². The van der Waals surface area contributed by atoms with Crippen LogP contribution in [0.4, 0.5) is 0 Å². The molecule has 1 aliphatic rings. The molecule has 0 unspecified atom stereocenters. The smallest absolute Gasteiger partial charge is 0.332 e. The van der Waals surface area contributed by atoms with Crippen LogP contribution in [-0.2, 0) is 22.4 Å². The van der Waals surface area contributed by atoms with Crippen LogP contribution in [0.5, 0.6) is 5.75 Å². The Morgan fingerprint density at radius 2 is 1.74 bits per heavy atom. The Morgan fingerprint density at radius 3 is 2.30 bits per heavy atom. The minimum atomic E-state index is -1.16. The lowest BCUT2D eigenvalue weighted by Crippen LogP contribution is -2.56. The Morgan fingerprint density at radius 1 is 1.11 bits per heavy atom. The molecule has 1 aliphatic carbocycles. The first-order valence-electron chi connectivity index (χ1n) is 9.26. The number of ether oxygens (including phenoxy) is 1. The Balaban J connectivity index is 1.94. The van der Waals surface area contributed by atoms with Crippen molar-refractivity contribution < 1.29 is 19.4 Å². The standard InChI is InChI=1S/C22H25NO4/c1-4-27-21(26)22(12-15-8-5-6-9-16(15)13-22)23-20(25)18-11-7-10-17(14(2)3)19(18)24/h5-11,14,24H,4,12-13H2,1-3H3,(H,23,25). The highest BCUT2D eigenvalue weighted by Gasteiger charge is 2.46. The summed E-state index contributed by atoms with van der Waals surface area (Å²) in [6, 6.07) is 12.9. The third-order valence-corrected chi connectivity index (χ3v) is 5.06. The molecule has 2 aromatic carbocycles. The molecular weight excluding hydrogens is 342 g/mol. The zero-order chi connectivity index (χ0) is 19.6. The zero-order valence-corrected chi connectivity index (χ0v) is 15.9. The van der Waals surface area contributed by atoms with Gasteiger partial charge in [-0.25, -0.2) is 4.79 Å². The second kappa shape index (κ2) is 7.43. The number of para-hydroxylation sites is 1. The second-order valence-electron chi connectivity index (χ2n) is 7.28. The van der Waals surface area contributed by atoms with Crippen molar-refractivity contribution in [1.82, 2.24) is 5.32 Å². The van der Waals surface area contributed by atoms with E-state index in [2.05, 4.69) is 5.32 Å². The molecule has 0 bridgehead atoms. The summed E-state index contributed by atoms with van der Waals surface area (Å²) in [7, 11) is 0. The topological polar surface area (TPSA) is 75.6 Å². The number of hydrogen-bond donors (Lipinski definition) is 2. The van der Waals surface area contributed by atoms with E-state index in [9.17, 15) is 14.7 Å². The number of nitrogens with one attached hydrogen (secondary N) is 1. The molecule has 0 saturated heterocycles. The Labute approximate surface area is 159 Å². The van der Waals surface area contributed by atoms with Gasteiger partial charge in [0.15, 0.2) is 0 Å². The SMILES string of the molecule is CCOC(=O)C1(NC(=O)c2cccc(C(C)C)c2O)Cc2ccccc2C1. The summed E-state index contributed by atoms with van der Waals surface area (Å²) in [5.41, 5.74) is 1.75. The fraction of sp³-hybridized carbons (Fsp3) is 0.364. The highest BCUT2D eigenvalue weighted by atomic mass is 16.5. The van der Waals surface area contributed by atoms with Gasteiger partial charge in [0, 0.05) is 12.8 Å². The van der Waals surface area contributed by atoms with Crippen molar-refractivity contribution in [3.05, 3.63) is 64.7 Å². The lowest BCUT2D eigenvalue weighted by atomic mass is 9.94. The first kappa shape index (κ1) is 19.0. The van der Waals surface area contributed by atoms with Crippen LogP contribution in [-0.4, -0.2) is 29.1 Å². The number of phenols is 1. The van der Waals surface area contributed by atoms with E-state index in [1.165, 1.54) is 0 Å². The van der Waals surface area contributed by atoms with Gasteiger partial charge in [-0.2, -0.15) is 0 Å². The summed E-state index contributed by atoms with van der Waals surface area (Å²) in [6.45, 7) is 5.88. The van der Waals surface area contributed by atoms with E-state index < -0.39 is 17.4 Å². The summed E-state index contributed by atoms with van der Waals surface area (Å²) >= 11 is 0. The average Bonchev–Trinajstić information content (AvgIpc) is 3.01. The molecule has 5 nitrogen and oxygen atoms in total. The van der Waals surface area contributed by atoms with Crippen molar-refractivity contribution >= 4 is 11.9 Å². The molecular formula is C22H25NO4. The van der Waals surface area contributed by atoms with Crippen LogP contribution in [0.2, 0.25) is 0 Å². The minimum Gasteiger partial charge on any atom is -0.507 e. The predicted molar refractivity (Wildman–Crippen MR) is 103 cm³/mol. The van der Waals surface area contributed by atoms with Gasteiger partial charge < -0.3 is 15.2 Å². The molecule has 0 radical (unpaired) electrons. The summed E-state index contributed by atoms with van der Waals surface area (Å²) in [6.07, 6.45) is 0.747. The number of rotatable bonds is 5. The van der Waals surface area contributed by atoms with Gasteiger partial charge in [-0.05, 0) is 35.6 Å². The van der Waals surface area contributed by atoms with Crippen LogP contribution in [0, 0.1) is 0 Å². The van der Waals surface area contributed by atoms with Crippen LogP contribution in [0.25, 0.3) is 0 Å². The number of carbonyl (C=O) groups is 2. The minimum absolute atomic E-state index is 0.0421. The first-order valence-corrected chi connectivity index (χ1v) is 9.26. The number of hydrogen-bond acceptors (Lipinski definition) is 4. The van der Waals surface area contributed by atoms with Gasteiger partial charge in [0.05, 0.1) is 12.2 Å². The van der Waals surface area contributed by atoms with Crippen LogP contribution < -0.4 is 5.32 Å². The lowest BCUT2D eigenvalue weighted by molar-refractivity contribution is -0.150. The maximum Gasteiger partial charge on any atom is 0.332 e. The lowest BCUT2D eigenvalue weighted by Gasteiger charge is -2.28. The van der Waals surface area contributed by atoms with Gasteiger partial charge in [0.25, 0.3) is 5.91 Å². The van der Waals surface area contributed by atoms with Gasteiger partial charge in [0.1, 0.15) is 11.3 Å². The van der Waals surface area contributed by atoms with E-state index in [0.717, 1.165) is 11.1 Å². The van der Waals surface area contributed by atoms with E-state index in [1.807, 2.05) is 38.1 Å². The molecule has 0 spiro atoms. The Hall–Kier alpha value is -2.82. The normalized spacial score (nSPS) is 14.7. The van der Waals surface area contributed by atoms with Gasteiger partial charge in [0.2, 0.25) is 0 Å². The molecule has 0 fully saturated rings. The van der Waals surface area contributed by atoms with E-state index in [1.54, 1.807) is 25.1 Å². The highest BCUT2D eigenvalue weighted by molar-refractivity contribution is 6.01. The van der Waals surface area contributed by atoms with Crippen LogP contribution >= 0.6 is 0 Å². The van der Waals surface area contributed by atoms with E-state index >= 15 is 0 Å². The van der Waals surface area contributed by atoms with E-state index in [4.69, 9.17) is 4.74 Å². The maximum absolute atomic E-state index is 13.0. The number of fused-ring (bicyclic) bond motifs is 1. The molecule has 2 aromatic rings. The number of benzene rings is 2. The van der Waals surface area contributed by atoms with Crippen molar-refractivity contribution in [2.24, 2.45) is 0 Å². The quantitative estimate of drug-likeness (QED) is 0.795. The summed E-state index contributed by atoms with van der Waals surface area (Å²) in [5.74, 6) is -0.892. The summed E-state index contributed by atoms with van der Waals surface area (Å²) < 4.78 is 5.27. The molecule has 3 rings (SSSR count). The van der Waals surface area contributed by atoms with E-state index in [-0.39, 0.29) is 23.8 Å². The van der Waals surface area contributed by atoms with Crippen molar-refractivity contribution in [2.75, 3.05) is 6.61 Å². The van der Waals surface area contributed by atoms with Crippen LogP contribution in [0.15, 0.2) is 42.5 Å². The molecule has 0 atom stereocenters. The number of amides is 1. The molecule has 2 N–H and O–H groups in total. The number of carbonyl (C=O) groups excluding carboxylic acids is 2. The zero-order valence-electron chi connectivity index (χ0n) is 15.9. The molecule has 0 heterocycles.